The van der Waals surface area contributed by atoms with Gasteiger partial charge < -0.3 is 23.7 Å². The van der Waals surface area contributed by atoms with Crippen LogP contribution in [0.4, 0.5) is 0 Å². The molecule has 25 heavy (non-hydrogen) atoms. The van der Waals surface area contributed by atoms with Crippen LogP contribution in [0.1, 0.15) is 59.8 Å². The van der Waals surface area contributed by atoms with E-state index in [0.29, 0.717) is 12.0 Å². The van der Waals surface area contributed by atoms with Crippen LogP contribution in [-0.2, 0) is 23.7 Å². The number of rotatable bonds is 1. The Morgan fingerprint density at radius 3 is 2.28 bits per heavy atom. The van der Waals surface area contributed by atoms with E-state index in [0.717, 1.165) is 12.8 Å². The van der Waals surface area contributed by atoms with Crippen molar-refractivity contribution in [3.63, 3.8) is 0 Å². The van der Waals surface area contributed by atoms with Crippen molar-refractivity contribution in [2.24, 2.45) is 10.8 Å². The Balaban J connectivity index is 1.47. The molecule has 0 unspecified atom stereocenters. The zero-order valence-electron chi connectivity index (χ0n) is 15.7. The van der Waals surface area contributed by atoms with Crippen LogP contribution in [0.5, 0.6) is 0 Å². The third-order valence-corrected chi connectivity index (χ3v) is 6.93. The molecule has 0 aromatic rings. The number of hydrogen-bond acceptors (Lipinski definition) is 5. The Bertz CT molecular complexity index is 589. The largest absolute Gasteiger partial charge is 0.348 e. The van der Waals surface area contributed by atoms with Crippen LogP contribution >= 0.6 is 0 Å². The molecule has 2 spiro atoms. The van der Waals surface area contributed by atoms with Gasteiger partial charge in [-0.3, -0.25) is 0 Å². The zero-order chi connectivity index (χ0) is 17.5. The van der Waals surface area contributed by atoms with E-state index in [4.69, 9.17) is 23.7 Å². The first-order chi connectivity index (χ1) is 11.7. The van der Waals surface area contributed by atoms with E-state index in [1.165, 1.54) is 19.3 Å². The molecule has 0 radical (unpaired) electrons. The summed E-state index contributed by atoms with van der Waals surface area (Å²) < 4.78 is 31.0. The number of allylic oxidation sites excluding steroid dienone is 2. The van der Waals surface area contributed by atoms with E-state index in [-0.39, 0.29) is 30.0 Å². The minimum atomic E-state index is -0.580. The molecule has 5 heteroatoms. The van der Waals surface area contributed by atoms with E-state index in [1.54, 1.807) is 0 Å². The Kier molecular flexibility index (Phi) is 3.39. The summed E-state index contributed by atoms with van der Waals surface area (Å²) in [5.41, 5.74) is 0.334. The molecule has 5 aliphatic rings. The number of fused-ring (bicyclic) bond motifs is 2. The Morgan fingerprint density at radius 2 is 1.60 bits per heavy atom. The van der Waals surface area contributed by atoms with Crippen LogP contribution in [0.3, 0.4) is 0 Å². The van der Waals surface area contributed by atoms with Crippen molar-refractivity contribution < 1.29 is 23.7 Å². The van der Waals surface area contributed by atoms with E-state index in [2.05, 4.69) is 12.2 Å². The molecule has 4 fully saturated rings. The third-order valence-electron chi connectivity index (χ3n) is 6.93. The average Bonchev–Trinajstić information content (AvgIpc) is 3.28. The van der Waals surface area contributed by atoms with Gasteiger partial charge in [0.25, 0.3) is 0 Å². The second kappa shape index (κ2) is 5.08. The molecular formula is C20H30O5. The summed E-state index contributed by atoms with van der Waals surface area (Å²) in [6.07, 6.45) is 10.1. The van der Waals surface area contributed by atoms with Gasteiger partial charge in [0.05, 0.1) is 12.7 Å². The fourth-order valence-electron chi connectivity index (χ4n) is 5.94. The Morgan fingerprint density at radius 1 is 0.840 bits per heavy atom. The van der Waals surface area contributed by atoms with Crippen molar-refractivity contribution in [3.8, 4) is 0 Å². The lowest BCUT2D eigenvalue weighted by Crippen LogP contribution is -2.47. The van der Waals surface area contributed by atoms with Gasteiger partial charge in [-0.15, -0.1) is 0 Å². The predicted molar refractivity (Wildman–Crippen MR) is 90.7 cm³/mol. The highest BCUT2D eigenvalue weighted by atomic mass is 16.8. The summed E-state index contributed by atoms with van der Waals surface area (Å²) in [4.78, 5) is 0. The van der Waals surface area contributed by atoms with Crippen LogP contribution in [-0.4, -0.2) is 42.8 Å². The lowest BCUT2D eigenvalue weighted by Gasteiger charge is -2.38. The van der Waals surface area contributed by atoms with E-state index < -0.39 is 11.6 Å². The summed E-state index contributed by atoms with van der Waals surface area (Å²) in [5.74, 6) is -1.12. The van der Waals surface area contributed by atoms with Gasteiger partial charge >= 0.3 is 0 Å². The highest BCUT2D eigenvalue weighted by Crippen LogP contribution is 2.65. The molecule has 0 aromatic carbocycles. The van der Waals surface area contributed by atoms with Gasteiger partial charge in [0.15, 0.2) is 17.9 Å². The van der Waals surface area contributed by atoms with Crippen molar-refractivity contribution in [2.45, 2.75) is 96.0 Å². The molecule has 0 aromatic heterocycles. The van der Waals surface area contributed by atoms with Crippen molar-refractivity contribution >= 4 is 0 Å². The van der Waals surface area contributed by atoms with E-state index in [1.807, 2.05) is 27.7 Å². The van der Waals surface area contributed by atoms with Gasteiger partial charge in [-0.1, -0.05) is 12.2 Å². The molecule has 0 N–H and O–H groups in total. The SMILES string of the molecule is CC1(C)OC[C@H]([C@H]2O[C@@H]3OC(C)(C)O[C@@H]3[C@@]23CCC2(CC=CC2)C3)O1. The molecule has 3 saturated heterocycles. The molecule has 140 valence electrons. The lowest BCUT2D eigenvalue weighted by atomic mass is 9.71. The monoisotopic (exact) mass is 350 g/mol. The minimum absolute atomic E-state index is 0.0141. The highest BCUT2D eigenvalue weighted by Gasteiger charge is 2.69. The summed E-state index contributed by atoms with van der Waals surface area (Å²) in [6, 6.07) is 0. The fourth-order valence-corrected chi connectivity index (χ4v) is 5.94. The highest BCUT2D eigenvalue weighted by molar-refractivity contribution is 5.17. The van der Waals surface area contributed by atoms with Crippen molar-refractivity contribution in [1.82, 2.24) is 0 Å². The Labute approximate surface area is 150 Å². The second-order valence-corrected chi connectivity index (χ2v) is 9.64. The fraction of sp³-hybridized carbons (Fsp3) is 0.900. The van der Waals surface area contributed by atoms with Crippen molar-refractivity contribution in [3.05, 3.63) is 12.2 Å². The van der Waals surface area contributed by atoms with E-state index >= 15 is 0 Å². The van der Waals surface area contributed by atoms with Crippen LogP contribution in [0.15, 0.2) is 12.2 Å². The quantitative estimate of drug-likeness (QED) is 0.677. The van der Waals surface area contributed by atoms with Gasteiger partial charge in [0, 0.05) is 5.41 Å². The maximum Gasteiger partial charge on any atom is 0.188 e. The van der Waals surface area contributed by atoms with Gasteiger partial charge in [0.2, 0.25) is 0 Å². The summed E-state index contributed by atoms with van der Waals surface area (Å²) in [5, 5.41) is 0. The molecule has 2 aliphatic carbocycles. The first kappa shape index (κ1) is 16.7. The average molecular weight is 350 g/mol. The molecule has 5 rings (SSSR count). The molecule has 5 nitrogen and oxygen atoms in total. The molecule has 3 heterocycles. The minimum Gasteiger partial charge on any atom is -0.348 e. The van der Waals surface area contributed by atoms with Crippen LogP contribution < -0.4 is 0 Å². The molecule has 0 bridgehead atoms. The summed E-state index contributed by atoms with van der Waals surface area (Å²) in [7, 11) is 0. The zero-order valence-corrected chi connectivity index (χ0v) is 15.7. The maximum absolute atomic E-state index is 6.47. The van der Waals surface area contributed by atoms with Crippen LogP contribution in [0, 0.1) is 10.8 Å². The Hall–Kier alpha value is -0.460. The van der Waals surface area contributed by atoms with E-state index in [9.17, 15) is 0 Å². The number of ether oxygens (including phenoxy) is 5. The molecular weight excluding hydrogens is 320 g/mol. The summed E-state index contributed by atoms with van der Waals surface area (Å²) in [6.45, 7) is 8.49. The molecule has 5 atom stereocenters. The van der Waals surface area contributed by atoms with Gasteiger partial charge in [0.1, 0.15) is 12.2 Å². The first-order valence-corrected chi connectivity index (χ1v) is 9.71. The third kappa shape index (κ3) is 2.47. The van der Waals surface area contributed by atoms with Crippen molar-refractivity contribution in [2.75, 3.05) is 6.61 Å². The van der Waals surface area contributed by atoms with Crippen molar-refractivity contribution in [1.29, 1.82) is 0 Å². The smallest absolute Gasteiger partial charge is 0.188 e. The number of hydrogen-bond donors (Lipinski definition) is 0. The van der Waals surface area contributed by atoms with Gasteiger partial charge in [-0.05, 0) is 65.2 Å². The molecule has 1 saturated carbocycles. The molecule has 0 amide bonds. The second-order valence-electron chi connectivity index (χ2n) is 9.64. The maximum atomic E-state index is 6.47. The lowest BCUT2D eigenvalue weighted by molar-refractivity contribution is -0.237. The standard InChI is InChI=1S/C20H30O5/c1-17(2)21-11-13(23-17)14-20(10-9-19(12-20)7-5-6-8-19)15-16(22-14)25-18(3,4)24-15/h5-6,13-16H,7-12H2,1-4H3/t13-,14-,15+,16-,20-/m1/s1. The first-order valence-electron chi connectivity index (χ1n) is 9.71. The predicted octanol–water partition coefficient (Wildman–Crippen LogP) is 3.52. The normalized spacial score (nSPS) is 48.8. The van der Waals surface area contributed by atoms with Crippen LogP contribution in [0.25, 0.3) is 0 Å². The summed E-state index contributed by atoms with van der Waals surface area (Å²) >= 11 is 0. The molecule has 3 aliphatic heterocycles. The van der Waals surface area contributed by atoms with Crippen LogP contribution in [0.2, 0.25) is 0 Å². The topological polar surface area (TPSA) is 46.2 Å². The van der Waals surface area contributed by atoms with Gasteiger partial charge in [-0.25, -0.2) is 0 Å². The van der Waals surface area contributed by atoms with Gasteiger partial charge in [-0.2, -0.15) is 0 Å².